The maximum absolute atomic E-state index is 11.8. The van der Waals surface area contributed by atoms with Gasteiger partial charge in [-0.1, -0.05) is 42.4 Å². The number of anilines is 1. The summed E-state index contributed by atoms with van der Waals surface area (Å²) in [5.74, 6) is -0.346. The molecule has 0 unspecified atom stereocenters. The molecule has 0 aromatic carbocycles. The molecule has 0 spiro atoms. The smallest absolute Gasteiger partial charge is 0.321 e. The number of nitrogens with one attached hydrogen (secondary N) is 3. The van der Waals surface area contributed by atoms with Crippen molar-refractivity contribution in [2.45, 2.75) is 54.7 Å². The van der Waals surface area contributed by atoms with Crippen LogP contribution in [0.2, 0.25) is 0 Å². The molecule has 122 valence electrons. The molecule has 1 fully saturated rings. The van der Waals surface area contributed by atoms with Crippen LogP contribution >= 0.6 is 23.1 Å². The molecule has 0 saturated heterocycles. The number of hydrogen-bond donors (Lipinski definition) is 3. The molecule has 1 atom stereocenters. The minimum atomic E-state index is -0.505. The minimum Gasteiger partial charge on any atom is -0.357 e. The van der Waals surface area contributed by atoms with Gasteiger partial charge in [-0.2, -0.15) is 0 Å². The molecule has 3 N–H and O–H groups in total. The second-order valence-electron chi connectivity index (χ2n) is 5.18. The lowest BCUT2D eigenvalue weighted by Crippen LogP contribution is -2.41. The fourth-order valence-electron chi connectivity index (χ4n) is 2.22. The Morgan fingerprint density at radius 3 is 2.68 bits per heavy atom. The first-order chi connectivity index (χ1) is 10.6. The average molecular weight is 343 g/mol. The van der Waals surface area contributed by atoms with E-state index in [4.69, 9.17) is 0 Å². The summed E-state index contributed by atoms with van der Waals surface area (Å²) in [6.07, 6.45) is 6.18. The van der Waals surface area contributed by atoms with Gasteiger partial charge in [0, 0.05) is 13.1 Å². The van der Waals surface area contributed by atoms with E-state index in [1.807, 2.05) is 0 Å². The van der Waals surface area contributed by atoms with Gasteiger partial charge in [0.25, 0.3) is 0 Å². The first kappa shape index (κ1) is 17.0. The molecule has 0 bridgehead atoms. The highest BCUT2D eigenvalue weighted by Gasteiger charge is 2.20. The van der Waals surface area contributed by atoms with Crippen molar-refractivity contribution >= 4 is 40.2 Å². The van der Waals surface area contributed by atoms with E-state index in [0.717, 1.165) is 9.47 Å². The first-order valence-electron chi connectivity index (χ1n) is 7.37. The van der Waals surface area contributed by atoms with Crippen LogP contribution in [0.5, 0.6) is 0 Å². The number of amides is 3. The van der Waals surface area contributed by atoms with E-state index in [1.54, 1.807) is 6.92 Å². The van der Waals surface area contributed by atoms with Gasteiger partial charge in [-0.15, -0.1) is 10.2 Å². The molecule has 0 aliphatic heterocycles. The fraction of sp³-hybridized carbons (Fsp3) is 0.692. The van der Waals surface area contributed by atoms with E-state index in [9.17, 15) is 9.59 Å². The average Bonchev–Trinajstić information content (AvgIpc) is 2.95. The molecule has 2 rings (SSSR count). The number of carbonyl (C=O) groups is 2. The Balaban J connectivity index is 1.83. The van der Waals surface area contributed by atoms with Crippen molar-refractivity contribution in [1.82, 2.24) is 20.8 Å². The standard InChI is InChI=1S/C13H21N5O2S2/c1-8(10(19)16-11(20)14-2)21-13-18-17-12(22-13)15-9-6-4-3-5-7-9/h8-9H,3-7H2,1-2H3,(H,15,17)(H2,14,16,19,20)/t8-/m1/s1. The van der Waals surface area contributed by atoms with Crippen LogP contribution in [0, 0.1) is 0 Å². The maximum atomic E-state index is 11.8. The summed E-state index contributed by atoms with van der Waals surface area (Å²) >= 11 is 2.75. The SMILES string of the molecule is CNC(=O)NC(=O)[C@@H](C)Sc1nnc(NC2CCCCC2)s1. The highest BCUT2D eigenvalue weighted by Crippen LogP contribution is 2.30. The molecular formula is C13H21N5O2S2. The molecule has 1 aliphatic rings. The van der Waals surface area contributed by atoms with E-state index < -0.39 is 11.3 Å². The molecule has 1 aliphatic carbocycles. The van der Waals surface area contributed by atoms with Gasteiger partial charge in [0.1, 0.15) is 0 Å². The molecular weight excluding hydrogens is 322 g/mol. The van der Waals surface area contributed by atoms with Gasteiger partial charge in [0.15, 0.2) is 4.34 Å². The molecule has 0 radical (unpaired) electrons. The van der Waals surface area contributed by atoms with Gasteiger partial charge >= 0.3 is 6.03 Å². The van der Waals surface area contributed by atoms with Crippen molar-refractivity contribution in [3.05, 3.63) is 0 Å². The highest BCUT2D eigenvalue weighted by molar-refractivity contribution is 8.02. The zero-order valence-corrected chi connectivity index (χ0v) is 14.4. The summed E-state index contributed by atoms with van der Waals surface area (Å²) in [5.41, 5.74) is 0. The Kier molecular flexibility index (Phi) is 6.44. The van der Waals surface area contributed by atoms with E-state index in [1.165, 1.54) is 62.3 Å². The van der Waals surface area contributed by atoms with Crippen molar-refractivity contribution in [2.75, 3.05) is 12.4 Å². The third-order valence-corrected chi connectivity index (χ3v) is 5.49. The van der Waals surface area contributed by atoms with Gasteiger partial charge in [-0.3, -0.25) is 10.1 Å². The van der Waals surface area contributed by atoms with Crippen LogP contribution in [0.3, 0.4) is 0 Å². The third kappa shape index (κ3) is 5.13. The summed E-state index contributed by atoms with van der Waals surface area (Å²) in [5, 5.41) is 16.6. The normalized spacial score (nSPS) is 16.8. The van der Waals surface area contributed by atoms with Gasteiger partial charge in [-0.05, 0) is 19.8 Å². The number of nitrogens with zero attached hydrogens (tertiary/aromatic N) is 2. The number of aromatic nitrogens is 2. The van der Waals surface area contributed by atoms with Crippen LogP contribution in [-0.2, 0) is 4.79 Å². The number of carbonyl (C=O) groups excluding carboxylic acids is 2. The lowest BCUT2D eigenvalue weighted by atomic mass is 9.96. The Morgan fingerprint density at radius 1 is 1.27 bits per heavy atom. The zero-order chi connectivity index (χ0) is 15.9. The largest absolute Gasteiger partial charge is 0.357 e. The van der Waals surface area contributed by atoms with Crippen molar-refractivity contribution in [2.24, 2.45) is 0 Å². The van der Waals surface area contributed by atoms with Crippen LogP contribution < -0.4 is 16.0 Å². The van der Waals surface area contributed by atoms with Crippen molar-refractivity contribution < 1.29 is 9.59 Å². The summed E-state index contributed by atoms with van der Waals surface area (Å²) < 4.78 is 0.720. The molecule has 7 nitrogen and oxygen atoms in total. The predicted molar refractivity (Wildman–Crippen MR) is 88.3 cm³/mol. The van der Waals surface area contributed by atoms with Gasteiger partial charge in [0.05, 0.1) is 5.25 Å². The highest BCUT2D eigenvalue weighted by atomic mass is 32.2. The summed E-state index contributed by atoms with van der Waals surface area (Å²) in [7, 11) is 1.47. The van der Waals surface area contributed by atoms with Gasteiger partial charge in [0.2, 0.25) is 11.0 Å². The number of hydrogen-bond acceptors (Lipinski definition) is 7. The summed E-state index contributed by atoms with van der Waals surface area (Å²) in [6, 6.07) is -0.0251. The van der Waals surface area contributed by atoms with Gasteiger partial charge < -0.3 is 10.6 Å². The van der Waals surface area contributed by atoms with Crippen LogP contribution in [0.15, 0.2) is 4.34 Å². The number of urea groups is 1. The maximum Gasteiger partial charge on any atom is 0.321 e. The van der Waals surface area contributed by atoms with Crippen molar-refractivity contribution in [1.29, 1.82) is 0 Å². The van der Waals surface area contributed by atoms with Crippen LogP contribution in [0.25, 0.3) is 0 Å². The Morgan fingerprint density at radius 2 is 2.00 bits per heavy atom. The second kappa shape index (κ2) is 8.33. The fourth-order valence-corrected chi connectivity index (χ4v) is 4.19. The van der Waals surface area contributed by atoms with E-state index in [-0.39, 0.29) is 5.91 Å². The van der Waals surface area contributed by atoms with E-state index >= 15 is 0 Å². The Labute approximate surface area is 138 Å². The lowest BCUT2D eigenvalue weighted by molar-refractivity contribution is -0.119. The monoisotopic (exact) mass is 343 g/mol. The molecule has 3 amide bonds. The molecule has 1 saturated carbocycles. The van der Waals surface area contributed by atoms with Gasteiger partial charge in [-0.25, -0.2) is 4.79 Å². The zero-order valence-electron chi connectivity index (χ0n) is 12.7. The Hall–Kier alpha value is -1.35. The van der Waals surface area contributed by atoms with Crippen LogP contribution in [0.1, 0.15) is 39.0 Å². The van der Waals surface area contributed by atoms with Crippen LogP contribution in [0.4, 0.5) is 9.93 Å². The van der Waals surface area contributed by atoms with Crippen molar-refractivity contribution in [3.8, 4) is 0 Å². The van der Waals surface area contributed by atoms with E-state index in [2.05, 4.69) is 26.1 Å². The van der Waals surface area contributed by atoms with Crippen LogP contribution in [-0.4, -0.2) is 40.5 Å². The minimum absolute atomic E-state index is 0.346. The third-order valence-electron chi connectivity index (χ3n) is 3.45. The molecule has 9 heteroatoms. The molecule has 1 heterocycles. The summed E-state index contributed by atoms with van der Waals surface area (Å²) in [4.78, 5) is 22.9. The Bertz CT molecular complexity index is 516. The second-order valence-corrected chi connectivity index (χ2v) is 7.75. The topological polar surface area (TPSA) is 96.0 Å². The number of thioether (sulfide) groups is 1. The number of imide groups is 1. The molecule has 1 aromatic rings. The molecule has 22 heavy (non-hydrogen) atoms. The van der Waals surface area contributed by atoms with E-state index in [0.29, 0.717) is 6.04 Å². The van der Waals surface area contributed by atoms with Crippen molar-refractivity contribution in [3.63, 3.8) is 0 Å². The number of rotatable bonds is 5. The quantitative estimate of drug-likeness (QED) is 0.710. The first-order valence-corrected chi connectivity index (χ1v) is 9.07. The predicted octanol–water partition coefficient (Wildman–Crippen LogP) is 2.22. The molecule has 1 aromatic heterocycles. The lowest BCUT2D eigenvalue weighted by Gasteiger charge is -2.21. The summed E-state index contributed by atoms with van der Waals surface area (Å²) in [6.45, 7) is 1.73.